The predicted molar refractivity (Wildman–Crippen MR) is 79.4 cm³/mol. The lowest BCUT2D eigenvalue weighted by atomic mass is 10.2. The van der Waals surface area contributed by atoms with Crippen molar-refractivity contribution in [3.8, 4) is 0 Å². The van der Waals surface area contributed by atoms with Gasteiger partial charge >= 0.3 is 0 Å². The van der Waals surface area contributed by atoms with E-state index in [4.69, 9.17) is 0 Å². The van der Waals surface area contributed by atoms with E-state index in [-0.39, 0.29) is 5.91 Å². The van der Waals surface area contributed by atoms with Crippen LogP contribution in [0.2, 0.25) is 0 Å². The van der Waals surface area contributed by atoms with Gasteiger partial charge in [-0.15, -0.1) is 11.3 Å². The maximum atomic E-state index is 11.9. The van der Waals surface area contributed by atoms with Gasteiger partial charge < -0.3 is 5.32 Å². The highest BCUT2D eigenvalue weighted by Gasteiger charge is 2.20. The molecule has 0 fully saturated rings. The predicted octanol–water partition coefficient (Wildman–Crippen LogP) is 2.40. The van der Waals surface area contributed by atoms with Gasteiger partial charge in [0, 0.05) is 22.4 Å². The summed E-state index contributed by atoms with van der Waals surface area (Å²) in [4.78, 5) is 14.5. The number of carbonyl (C=O) groups excluding carboxylic acids is 1. The van der Waals surface area contributed by atoms with Crippen LogP contribution < -0.4 is 5.32 Å². The van der Waals surface area contributed by atoms with Gasteiger partial charge in [0.2, 0.25) is 5.91 Å². The Kier molecular flexibility index (Phi) is 4.96. The lowest BCUT2D eigenvalue weighted by molar-refractivity contribution is -0.122. The Morgan fingerprint density at radius 3 is 2.95 bits per heavy atom. The number of hydrogen-bond acceptors (Lipinski definition) is 4. The van der Waals surface area contributed by atoms with Crippen LogP contribution >= 0.6 is 11.3 Å². The minimum atomic E-state index is 0.0453. The first kappa shape index (κ1) is 14.1. The first-order chi connectivity index (χ1) is 9.22. The van der Waals surface area contributed by atoms with Crippen LogP contribution in [0, 0.1) is 0 Å². The molecule has 2 heterocycles. The van der Waals surface area contributed by atoms with Crippen LogP contribution in [0.3, 0.4) is 0 Å². The average Bonchev–Trinajstić information content (AvgIpc) is 3.04. The Hall–Kier alpha value is -1.36. The van der Waals surface area contributed by atoms with Crippen LogP contribution in [0.1, 0.15) is 36.4 Å². The van der Waals surface area contributed by atoms with Gasteiger partial charge in [-0.3, -0.25) is 9.80 Å². The zero-order chi connectivity index (χ0) is 13.7. The van der Waals surface area contributed by atoms with Crippen molar-refractivity contribution >= 4 is 23.5 Å². The van der Waals surface area contributed by atoms with Crippen molar-refractivity contribution in [2.75, 3.05) is 6.54 Å². The molecule has 104 valence electrons. The third-order valence-electron chi connectivity index (χ3n) is 3.33. The molecule has 1 N–H and O–H groups in total. The van der Waals surface area contributed by atoms with Gasteiger partial charge in [-0.2, -0.15) is 5.10 Å². The van der Waals surface area contributed by atoms with Crippen molar-refractivity contribution in [3.63, 3.8) is 0 Å². The minimum Gasteiger partial charge on any atom is -0.350 e. The monoisotopic (exact) mass is 279 g/mol. The van der Waals surface area contributed by atoms with E-state index in [1.165, 1.54) is 9.75 Å². The summed E-state index contributed by atoms with van der Waals surface area (Å²) in [5, 5.41) is 9.10. The quantitative estimate of drug-likeness (QED) is 0.869. The molecular weight excluding hydrogens is 258 g/mol. The van der Waals surface area contributed by atoms with E-state index in [9.17, 15) is 4.79 Å². The topological polar surface area (TPSA) is 44.7 Å². The largest absolute Gasteiger partial charge is 0.350 e. The van der Waals surface area contributed by atoms with Crippen molar-refractivity contribution < 1.29 is 4.79 Å². The normalized spacial score (nSPS) is 18.0. The number of amides is 1. The molecule has 4 nitrogen and oxygen atoms in total. The highest BCUT2D eigenvalue weighted by molar-refractivity contribution is 7.11. The molecule has 1 atom stereocenters. The maximum Gasteiger partial charge on any atom is 0.241 e. The highest BCUT2D eigenvalue weighted by Crippen LogP contribution is 2.17. The van der Waals surface area contributed by atoms with Gasteiger partial charge in [-0.1, -0.05) is 13.8 Å². The number of rotatable bonds is 6. The molecule has 0 saturated heterocycles. The standard InChI is InChI=1S/C14H21N3OS/c1-3-11-7-8-16-17(11)10-14(18)15-9-13-6-5-12(4-2)19-13/h5-6,8,11H,3-4,7,9-10H2,1-2H3,(H,15,18). The van der Waals surface area contributed by atoms with E-state index in [0.717, 1.165) is 19.3 Å². The van der Waals surface area contributed by atoms with Crippen molar-refractivity contribution in [3.05, 3.63) is 21.9 Å². The number of carbonyl (C=O) groups is 1. The molecule has 1 aliphatic heterocycles. The lowest BCUT2D eigenvalue weighted by Crippen LogP contribution is -2.37. The van der Waals surface area contributed by atoms with Crippen LogP contribution in [-0.4, -0.2) is 29.7 Å². The third kappa shape index (κ3) is 3.80. The van der Waals surface area contributed by atoms with Gasteiger partial charge in [-0.05, 0) is 25.0 Å². The molecule has 0 radical (unpaired) electrons. The fourth-order valence-corrected chi connectivity index (χ4v) is 3.03. The molecule has 5 heteroatoms. The zero-order valence-electron chi connectivity index (χ0n) is 11.6. The molecule has 1 aromatic rings. The van der Waals surface area contributed by atoms with Crippen LogP contribution in [0.25, 0.3) is 0 Å². The second-order valence-corrected chi connectivity index (χ2v) is 5.94. The van der Waals surface area contributed by atoms with Crippen LogP contribution in [0.15, 0.2) is 17.2 Å². The number of thiophene rings is 1. The highest BCUT2D eigenvalue weighted by atomic mass is 32.1. The SMILES string of the molecule is CCc1ccc(CNC(=O)CN2N=CCC2CC)s1. The first-order valence-corrected chi connectivity index (χ1v) is 7.68. The van der Waals surface area contributed by atoms with Crippen molar-refractivity contribution in [2.24, 2.45) is 5.10 Å². The Morgan fingerprint density at radius 1 is 1.47 bits per heavy atom. The second kappa shape index (κ2) is 6.70. The van der Waals surface area contributed by atoms with Crippen LogP contribution in [0.4, 0.5) is 0 Å². The van der Waals surface area contributed by atoms with E-state index >= 15 is 0 Å². The number of aryl methyl sites for hydroxylation is 1. The van der Waals surface area contributed by atoms with E-state index in [1.807, 2.05) is 11.2 Å². The number of hydrogen-bond donors (Lipinski definition) is 1. The molecule has 0 aliphatic carbocycles. The van der Waals surface area contributed by atoms with E-state index in [1.54, 1.807) is 11.3 Å². The van der Waals surface area contributed by atoms with Crippen LogP contribution in [0.5, 0.6) is 0 Å². The summed E-state index contributed by atoms with van der Waals surface area (Å²) in [5.41, 5.74) is 0. The van der Waals surface area contributed by atoms with Gasteiger partial charge in [0.15, 0.2) is 0 Å². The Morgan fingerprint density at radius 2 is 2.26 bits per heavy atom. The van der Waals surface area contributed by atoms with Crippen molar-refractivity contribution in [1.29, 1.82) is 0 Å². The Balaban J connectivity index is 1.76. The smallest absolute Gasteiger partial charge is 0.241 e. The lowest BCUT2D eigenvalue weighted by Gasteiger charge is -2.21. The maximum absolute atomic E-state index is 11.9. The number of hydrazone groups is 1. The first-order valence-electron chi connectivity index (χ1n) is 6.86. The van der Waals surface area contributed by atoms with Crippen LogP contribution in [-0.2, 0) is 17.8 Å². The summed E-state index contributed by atoms with van der Waals surface area (Å²) in [6.07, 6.45) is 4.93. The molecule has 1 amide bonds. The molecule has 2 rings (SSSR count). The Bertz CT molecular complexity index is 455. The zero-order valence-corrected chi connectivity index (χ0v) is 12.4. The second-order valence-electron chi connectivity index (χ2n) is 4.69. The number of nitrogens with one attached hydrogen (secondary N) is 1. The van der Waals surface area contributed by atoms with Gasteiger partial charge in [0.25, 0.3) is 0 Å². The van der Waals surface area contributed by atoms with Crippen molar-refractivity contribution in [2.45, 2.75) is 45.7 Å². The summed E-state index contributed by atoms with van der Waals surface area (Å²) >= 11 is 1.76. The minimum absolute atomic E-state index is 0.0453. The molecule has 19 heavy (non-hydrogen) atoms. The Labute approximate surface area is 118 Å². The third-order valence-corrected chi connectivity index (χ3v) is 4.56. The van der Waals surface area contributed by atoms with E-state index in [2.05, 4.69) is 36.4 Å². The summed E-state index contributed by atoms with van der Waals surface area (Å²) in [5.74, 6) is 0.0453. The average molecular weight is 279 g/mol. The summed E-state index contributed by atoms with van der Waals surface area (Å²) in [6, 6.07) is 4.61. The molecule has 0 saturated carbocycles. The van der Waals surface area contributed by atoms with Crippen molar-refractivity contribution in [1.82, 2.24) is 10.3 Å². The molecule has 0 aromatic carbocycles. The van der Waals surface area contributed by atoms with E-state index in [0.29, 0.717) is 19.1 Å². The molecule has 1 aromatic heterocycles. The molecule has 1 unspecified atom stereocenters. The molecule has 0 spiro atoms. The van der Waals surface area contributed by atoms with Gasteiger partial charge in [0.05, 0.1) is 12.6 Å². The summed E-state index contributed by atoms with van der Waals surface area (Å²) in [6.45, 7) is 5.26. The summed E-state index contributed by atoms with van der Waals surface area (Å²) < 4.78 is 0. The molecule has 1 aliphatic rings. The van der Waals surface area contributed by atoms with Gasteiger partial charge in [-0.25, -0.2) is 0 Å². The van der Waals surface area contributed by atoms with Gasteiger partial charge in [0.1, 0.15) is 6.54 Å². The van der Waals surface area contributed by atoms with E-state index < -0.39 is 0 Å². The molecular formula is C14H21N3OS. The molecule has 0 bridgehead atoms. The fourth-order valence-electron chi connectivity index (χ4n) is 2.13. The summed E-state index contributed by atoms with van der Waals surface area (Å²) in [7, 11) is 0. The fraction of sp³-hybridized carbons (Fsp3) is 0.571. The number of nitrogens with zero attached hydrogens (tertiary/aromatic N) is 2.